The summed E-state index contributed by atoms with van der Waals surface area (Å²) in [5.41, 5.74) is 0.812. The second-order valence-corrected chi connectivity index (χ2v) is 5.97. The van der Waals surface area contributed by atoms with Gasteiger partial charge >= 0.3 is 0 Å². The van der Waals surface area contributed by atoms with Gasteiger partial charge in [-0.3, -0.25) is 14.5 Å². The maximum atomic E-state index is 12.2. The smallest absolute Gasteiger partial charge is 0.238 e. The predicted octanol–water partition coefficient (Wildman–Crippen LogP) is 1.47. The van der Waals surface area contributed by atoms with E-state index in [1.54, 1.807) is 0 Å². The number of halogens is 2. The molecule has 142 valence electrons. The summed E-state index contributed by atoms with van der Waals surface area (Å²) in [5.74, 6) is 0.167. The summed E-state index contributed by atoms with van der Waals surface area (Å²) in [7, 11) is 1.85. The zero-order valence-electron chi connectivity index (χ0n) is 14.7. The SMILES string of the molecule is CNCC(C)C(=O)N1CCN(CC(=O)Nc2ccccc2)CC1.Cl.Cl. The van der Waals surface area contributed by atoms with Gasteiger partial charge in [0, 0.05) is 44.3 Å². The van der Waals surface area contributed by atoms with E-state index in [1.165, 1.54) is 0 Å². The van der Waals surface area contributed by atoms with E-state index in [9.17, 15) is 9.59 Å². The first-order valence-electron chi connectivity index (χ1n) is 8.11. The van der Waals surface area contributed by atoms with Gasteiger partial charge in [0.25, 0.3) is 0 Å². The Kier molecular flexibility index (Phi) is 11.4. The fraction of sp³-hybridized carbons (Fsp3) is 0.529. The molecule has 0 saturated carbocycles. The zero-order valence-corrected chi connectivity index (χ0v) is 16.4. The Morgan fingerprint density at radius 3 is 2.24 bits per heavy atom. The van der Waals surface area contributed by atoms with Crippen molar-refractivity contribution in [3.05, 3.63) is 30.3 Å². The molecule has 1 heterocycles. The van der Waals surface area contributed by atoms with Crippen molar-refractivity contribution in [1.82, 2.24) is 15.1 Å². The highest BCUT2D eigenvalue weighted by Crippen LogP contribution is 2.08. The van der Waals surface area contributed by atoms with Crippen LogP contribution >= 0.6 is 24.8 Å². The molecule has 2 rings (SSSR count). The molecule has 1 fully saturated rings. The van der Waals surface area contributed by atoms with Gasteiger partial charge in [-0.25, -0.2) is 0 Å². The third kappa shape index (κ3) is 7.61. The first-order chi connectivity index (χ1) is 11.1. The van der Waals surface area contributed by atoms with Gasteiger partial charge in [-0.1, -0.05) is 25.1 Å². The Hall–Kier alpha value is -1.34. The fourth-order valence-corrected chi connectivity index (χ4v) is 2.76. The largest absolute Gasteiger partial charge is 0.340 e. The van der Waals surface area contributed by atoms with Crippen LogP contribution in [0.1, 0.15) is 6.92 Å². The number of hydrogen-bond acceptors (Lipinski definition) is 4. The summed E-state index contributed by atoms with van der Waals surface area (Å²) in [6.45, 7) is 5.84. The third-order valence-electron chi connectivity index (χ3n) is 4.04. The quantitative estimate of drug-likeness (QED) is 0.771. The number of rotatable bonds is 6. The van der Waals surface area contributed by atoms with Crippen LogP contribution in [0.15, 0.2) is 30.3 Å². The first-order valence-corrected chi connectivity index (χ1v) is 8.11. The number of piperazine rings is 1. The number of nitrogens with zero attached hydrogens (tertiary/aromatic N) is 2. The lowest BCUT2D eigenvalue weighted by atomic mass is 10.1. The monoisotopic (exact) mass is 390 g/mol. The Morgan fingerprint density at radius 1 is 1.08 bits per heavy atom. The summed E-state index contributed by atoms with van der Waals surface area (Å²) < 4.78 is 0. The Labute approximate surface area is 162 Å². The summed E-state index contributed by atoms with van der Waals surface area (Å²) in [6.07, 6.45) is 0. The minimum absolute atomic E-state index is 0. The van der Waals surface area contributed by atoms with Crippen LogP contribution in [0.25, 0.3) is 0 Å². The lowest BCUT2D eigenvalue weighted by Gasteiger charge is -2.35. The molecule has 1 unspecified atom stereocenters. The summed E-state index contributed by atoms with van der Waals surface area (Å²) in [4.78, 5) is 28.3. The van der Waals surface area contributed by atoms with E-state index < -0.39 is 0 Å². The van der Waals surface area contributed by atoms with Gasteiger partial charge in [-0.05, 0) is 19.2 Å². The highest BCUT2D eigenvalue weighted by Gasteiger charge is 2.25. The molecule has 1 aromatic carbocycles. The van der Waals surface area contributed by atoms with Crippen LogP contribution in [0.4, 0.5) is 5.69 Å². The van der Waals surface area contributed by atoms with Crippen molar-refractivity contribution in [3.63, 3.8) is 0 Å². The second-order valence-electron chi connectivity index (χ2n) is 5.97. The molecule has 1 aliphatic heterocycles. The van der Waals surface area contributed by atoms with Crippen LogP contribution in [0.3, 0.4) is 0 Å². The molecule has 8 heteroatoms. The molecule has 6 nitrogen and oxygen atoms in total. The minimum Gasteiger partial charge on any atom is -0.340 e. The number of benzene rings is 1. The molecule has 1 saturated heterocycles. The van der Waals surface area contributed by atoms with Crippen molar-refractivity contribution in [3.8, 4) is 0 Å². The van der Waals surface area contributed by atoms with Crippen LogP contribution in [-0.4, -0.2) is 67.9 Å². The average Bonchev–Trinajstić information content (AvgIpc) is 2.56. The minimum atomic E-state index is -0.0143. The number of nitrogens with one attached hydrogen (secondary N) is 2. The van der Waals surface area contributed by atoms with Crippen LogP contribution in [0.2, 0.25) is 0 Å². The van der Waals surface area contributed by atoms with E-state index in [1.807, 2.05) is 49.2 Å². The van der Waals surface area contributed by atoms with Crippen LogP contribution < -0.4 is 10.6 Å². The van der Waals surface area contributed by atoms with Crippen LogP contribution in [0.5, 0.6) is 0 Å². The number of carbonyl (C=O) groups excluding carboxylic acids is 2. The molecule has 2 amide bonds. The summed E-state index contributed by atoms with van der Waals surface area (Å²) in [6, 6.07) is 9.45. The molecule has 1 aromatic rings. The normalized spacial score (nSPS) is 15.5. The van der Waals surface area contributed by atoms with Crippen LogP contribution in [0, 0.1) is 5.92 Å². The van der Waals surface area contributed by atoms with Gasteiger partial charge in [-0.2, -0.15) is 0 Å². The molecule has 0 radical (unpaired) electrons. The molecule has 0 bridgehead atoms. The predicted molar refractivity (Wildman–Crippen MR) is 106 cm³/mol. The van der Waals surface area contributed by atoms with E-state index in [0.29, 0.717) is 26.2 Å². The molecular formula is C17H28Cl2N4O2. The van der Waals surface area contributed by atoms with E-state index in [2.05, 4.69) is 15.5 Å². The van der Waals surface area contributed by atoms with Crippen LogP contribution in [-0.2, 0) is 9.59 Å². The Bertz CT molecular complexity index is 523. The second kappa shape index (κ2) is 12.1. The van der Waals surface area contributed by atoms with Crippen molar-refractivity contribution in [1.29, 1.82) is 0 Å². The highest BCUT2D eigenvalue weighted by molar-refractivity contribution is 5.92. The van der Waals surface area contributed by atoms with Crippen molar-refractivity contribution in [2.75, 3.05) is 51.6 Å². The molecule has 1 atom stereocenters. The van der Waals surface area contributed by atoms with E-state index in [-0.39, 0.29) is 42.5 Å². The van der Waals surface area contributed by atoms with Gasteiger partial charge < -0.3 is 15.5 Å². The molecule has 25 heavy (non-hydrogen) atoms. The summed E-state index contributed by atoms with van der Waals surface area (Å²) >= 11 is 0. The average molecular weight is 391 g/mol. The van der Waals surface area contributed by atoms with Crippen molar-refractivity contribution < 1.29 is 9.59 Å². The van der Waals surface area contributed by atoms with Crippen molar-refractivity contribution in [2.24, 2.45) is 5.92 Å². The molecule has 2 N–H and O–H groups in total. The molecule has 1 aliphatic rings. The van der Waals surface area contributed by atoms with E-state index >= 15 is 0 Å². The molecule has 0 aliphatic carbocycles. The Balaban J connectivity index is 0.00000288. The van der Waals surface area contributed by atoms with Gasteiger partial charge in [-0.15, -0.1) is 24.8 Å². The zero-order chi connectivity index (χ0) is 16.7. The molecule has 0 spiro atoms. The van der Waals surface area contributed by atoms with E-state index in [4.69, 9.17) is 0 Å². The van der Waals surface area contributed by atoms with Crippen molar-refractivity contribution >= 4 is 42.3 Å². The topological polar surface area (TPSA) is 64.7 Å². The number of amides is 2. The van der Waals surface area contributed by atoms with Gasteiger partial charge in [0.2, 0.25) is 11.8 Å². The molecular weight excluding hydrogens is 363 g/mol. The Morgan fingerprint density at radius 2 is 1.68 bits per heavy atom. The highest BCUT2D eigenvalue weighted by atomic mass is 35.5. The number of para-hydroxylation sites is 1. The lowest BCUT2D eigenvalue weighted by molar-refractivity contribution is -0.136. The standard InChI is InChI=1S/C17H26N4O2.2ClH/c1-14(12-18-2)17(23)21-10-8-20(9-11-21)13-16(22)19-15-6-4-3-5-7-15;;/h3-7,14,18H,8-13H2,1-2H3,(H,19,22);2*1H. The van der Waals surface area contributed by atoms with Gasteiger partial charge in [0.1, 0.15) is 0 Å². The number of anilines is 1. The fourth-order valence-electron chi connectivity index (χ4n) is 2.76. The maximum Gasteiger partial charge on any atom is 0.238 e. The molecule has 0 aromatic heterocycles. The number of carbonyl (C=O) groups is 2. The maximum absolute atomic E-state index is 12.2. The van der Waals surface area contributed by atoms with Gasteiger partial charge in [0.15, 0.2) is 0 Å². The lowest BCUT2D eigenvalue weighted by Crippen LogP contribution is -2.52. The van der Waals surface area contributed by atoms with E-state index in [0.717, 1.165) is 18.8 Å². The summed E-state index contributed by atoms with van der Waals surface area (Å²) in [5, 5.41) is 5.92. The number of hydrogen-bond donors (Lipinski definition) is 2. The van der Waals surface area contributed by atoms with Gasteiger partial charge in [0.05, 0.1) is 6.54 Å². The third-order valence-corrected chi connectivity index (χ3v) is 4.04. The van der Waals surface area contributed by atoms with Crippen molar-refractivity contribution in [2.45, 2.75) is 6.92 Å². The first kappa shape index (κ1) is 23.7.